The first kappa shape index (κ1) is 17.2. The summed E-state index contributed by atoms with van der Waals surface area (Å²) in [6.45, 7) is 6.08. The zero-order valence-corrected chi connectivity index (χ0v) is 15.0. The molecule has 0 atom stereocenters. The first-order valence-electron chi connectivity index (χ1n) is 8.24. The highest BCUT2D eigenvalue weighted by Gasteiger charge is 2.25. The van der Waals surface area contributed by atoms with Crippen LogP contribution in [0.5, 0.6) is 0 Å². The maximum atomic E-state index is 12.1. The molecule has 0 bridgehead atoms. The third kappa shape index (κ3) is 3.74. The van der Waals surface area contributed by atoms with E-state index in [1.165, 1.54) is 0 Å². The minimum absolute atomic E-state index is 0.238. The summed E-state index contributed by atoms with van der Waals surface area (Å²) in [4.78, 5) is 18.7. The highest BCUT2D eigenvalue weighted by Crippen LogP contribution is 2.24. The molecule has 0 spiro atoms. The predicted molar refractivity (Wildman–Crippen MR) is 102 cm³/mol. The summed E-state index contributed by atoms with van der Waals surface area (Å²) in [5, 5.41) is 0.499. The number of anilines is 1. The molecule has 0 N–H and O–H groups in total. The number of hydrogen-bond donors (Lipinski definition) is 0. The number of cyclic esters (lactones) is 1. The summed E-state index contributed by atoms with van der Waals surface area (Å²) in [5.74, 6) is -0.232. The SMILES string of the molecule is CCN(CC)c1cccc(/C=C2\N=C(c3ccccc3Cl)OC2=O)c1. The molecule has 0 saturated heterocycles. The number of ether oxygens (including phenoxy) is 1. The van der Waals surface area contributed by atoms with Crippen LogP contribution >= 0.6 is 11.6 Å². The van der Waals surface area contributed by atoms with Gasteiger partial charge in [-0.1, -0.05) is 35.9 Å². The van der Waals surface area contributed by atoms with Crippen LogP contribution in [-0.2, 0) is 9.53 Å². The lowest BCUT2D eigenvalue weighted by molar-refractivity contribution is -0.129. The van der Waals surface area contributed by atoms with E-state index in [-0.39, 0.29) is 11.6 Å². The van der Waals surface area contributed by atoms with Crippen molar-refractivity contribution in [1.82, 2.24) is 0 Å². The molecule has 0 unspecified atom stereocenters. The molecular weight excluding hydrogens is 336 g/mol. The van der Waals surface area contributed by atoms with E-state index < -0.39 is 5.97 Å². The lowest BCUT2D eigenvalue weighted by Gasteiger charge is -2.21. The summed E-state index contributed by atoms with van der Waals surface area (Å²) >= 11 is 6.15. The average Bonchev–Trinajstić information content (AvgIpc) is 2.97. The lowest BCUT2D eigenvalue weighted by atomic mass is 10.1. The van der Waals surface area contributed by atoms with Gasteiger partial charge in [-0.15, -0.1) is 0 Å². The molecule has 2 aromatic carbocycles. The van der Waals surface area contributed by atoms with Crippen LogP contribution < -0.4 is 4.90 Å². The van der Waals surface area contributed by atoms with Gasteiger partial charge in [-0.3, -0.25) is 0 Å². The number of halogens is 1. The van der Waals surface area contributed by atoms with Gasteiger partial charge in [0.15, 0.2) is 5.70 Å². The Balaban J connectivity index is 1.92. The maximum absolute atomic E-state index is 12.1. The van der Waals surface area contributed by atoms with E-state index in [1.807, 2.05) is 30.3 Å². The van der Waals surface area contributed by atoms with Gasteiger partial charge in [-0.25, -0.2) is 9.79 Å². The number of carbonyl (C=O) groups excluding carboxylic acids is 1. The normalized spacial score (nSPS) is 15.2. The summed E-state index contributed by atoms with van der Waals surface area (Å²) in [6.07, 6.45) is 1.74. The van der Waals surface area contributed by atoms with E-state index in [1.54, 1.807) is 18.2 Å². The minimum atomic E-state index is -0.469. The molecule has 0 fully saturated rings. The van der Waals surface area contributed by atoms with Gasteiger partial charge in [0.25, 0.3) is 0 Å². The van der Waals surface area contributed by atoms with Crippen molar-refractivity contribution < 1.29 is 9.53 Å². The van der Waals surface area contributed by atoms with Crippen molar-refractivity contribution in [1.29, 1.82) is 0 Å². The smallest absolute Gasteiger partial charge is 0.363 e. The van der Waals surface area contributed by atoms with Gasteiger partial charge in [0, 0.05) is 18.8 Å². The number of nitrogens with zero attached hydrogens (tertiary/aromatic N) is 2. The Morgan fingerprint density at radius 2 is 1.88 bits per heavy atom. The second kappa shape index (κ2) is 7.53. The number of aliphatic imine (C=N–C) groups is 1. The second-order valence-electron chi connectivity index (χ2n) is 5.58. The van der Waals surface area contributed by atoms with Crippen molar-refractivity contribution in [3.05, 3.63) is 70.4 Å². The van der Waals surface area contributed by atoms with Gasteiger partial charge >= 0.3 is 5.97 Å². The molecule has 0 aliphatic carbocycles. The number of esters is 1. The Bertz CT molecular complexity index is 854. The van der Waals surface area contributed by atoms with E-state index >= 15 is 0 Å². The molecule has 1 aliphatic rings. The van der Waals surface area contributed by atoms with Crippen LogP contribution in [0.4, 0.5) is 5.69 Å². The summed E-state index contributed by atoms with van der Waals surface area (Å²) < 4.78 is 5.28. The van der Waals surface area contributed by atoms with Crippen molar-refractivity contribution in [2.45, 2.75) is 13.8 Å². The fraction of sp³-hybridized carbons (Fsp3) is 0.200. The monoisotopic (exact) mass is 354 g/mol. The van der Waals surface area contributed by atoms with Crippen LogP contribution in [0.2, 0.25) is 5.02 Å². The molecule has 1 heterocycles. The van der Waals surface area contributed by atoms with Crippen molar-refractivity contribution in [3.8, 4) is 0 Å². The van der Waals surface area contributed by atoms with Gasteiger partial charge < -0.3 is 9.64 Å². The highest BCUT2D eigenvalue weighted by molar-refractivity contribution is 6.34. The molecule has 2 aromatic rings. The van der Waals surface area contributed by atoms with E-state index in [0.29, 0.717) is 10.6 Å². The third-order valence-corrected chi connectivity index (χ3v) is 4.36. The number of hydrogen-bond acceptors (Lipinski definition) is 4. The van der Waals surface area contributed by atoms with Gasteiger partial charge in [-0.05, 0) is 49.8 Å². The summed E-state index contributed by atoms with van der Waals surface area (Å²) in [7, 11) is 0. The van der Waals surface area contributed by atoms with Crippen LogP contribution in [0.1, 0.15) is 25.0 Å². The molecule has 1 aliphatic heterocycles. The van der Waals surface area contributed by atoms with E-state index in [4.69, 9.17) is 16.3 Å². The largest absolute Gasteiger partial charge is 0.402 e. The van der Waals surface area contributed by atoms with E-state index in [2.05, 4.69) is 29.8 Å². The molecule has 3 rings (SSSR count). The molecule has 0 amide bonds. The first-order valence-corrected chi connectivity index (χ1v) is 8.62. The molecule has 4 nitrogen and oxygen atoms in total. The topological polar surface area (TPSA) is 41.9 Å². The van der Waals surface area contributed by atoms with Crippen LogP contribution in [0, 0.1) is 0 Å². The number of benzene rings is 2. The van der Waals surface area contributed by atoms with Gasteiger partial charge in [0.05, 0.1) is 10.6 Å². The van der Waals surface area contributed by atoms with Crippen molar-refractivity contribution in [3.63, 3.8) is 0 Å². The molecule has 0 radical (unpaired) electrons. The standard InChI is InChI=1S/C20H19ClN2O2/c1-3-23(4-2)15-9-7-8-14(12-15)13-18-20(24)25-19(22-18)16-10-5-6-11-17(16)21/h5-13H,3-4H2,1-2H3/b18-13-. The summed E-state index contributed by atoms with van der Waals surface area (Å²) in [6, 6.07) is 15.2. The first-order chi connectivity index (χ1) is 12.1. The molecular formula is C20H19ClN2O2. The van der Waals surface area contributed by atoms with E-state index in [0.717, 1.165) is 24.3 Å². The molecule has 0 aromatic heterocycles. The fourth-order valence-electron chi connectivity index (χ4n) is 2.72. The van der Waals surface area contributed by atoms with Crippen molar-refractivity contribution in [2.75, 3.05) is 18.0 Å². The van der Waals surface area contributed by atoms with E-state index in [9.17, 15) is 4.79 Å². The molecule has 0 saturated carbocycles. The maximum Gasteiger partial charge on any atom is 0.363 e. The molecule has 128 valence electrons. The third-order valence-electron chi connectivity index (χ3n) is 4.03. The zero-order valence-electron chi connectivity index (χ0n) is 14.2. The zero-order chi connectivity index (χ0) is 17.8. The Morgan fingerprint density at radius 1 is 1.12 bits per heavy atom. The summed E-state index contributed by atoms with van der Waals surface area (Å²) in [5.41, 5.74) is 2.89. The van der Waals surface area contributed by atoms with Gasteiger partial charge in [0.2, 0.25) is 5.90 Å². The Labute approximate surface area is 152 Å². The van der Waals surface area contributed by atoms with Crippen LogP contribution in [0.25, 0.3) is 6.08 Å². The Hall–Kier alpha value is -2.59. The second-order valence-corrected chi connectivity index (χ2v) is 5.99. The van der Waals surface area contributed by atoms with Crippen molar-refractivity contribution >= 4 is 35.2 Å². The average molecular weight is 355 g/mol. The predicted octanol–water partition coefficient (Wildman–Crippen LogP) is 4.53. The highest BCUT2D eigenvalue weighted by atomic mass is 35.5. The van der Waals surface area contributed by atoms with Gasteiger partial charge in [-0.2, -0.15) is 0 Å². The van der Waals surface area contributed by atoms with Crippen LogP contribution in [0.15, 0.2) is 59.2 Å². The Morgan fingerprint density at radius 3 is 2.60 bits per heavy atom. The van der Waals surface area contributed by atoms with Gasteiger partial charge in [0.1, 0.15) is 0 Å². The molecule has 5 heteroatoms. The fourth-order valence-corrected chi connectivity index (χ4v) is 2.93. The van der Waals surface area contributed by atoms with Crippen LogP contribution in [-0.4, -0.2) is 25.0 Å². The Kier molecular flexibility index (Phi) is 5.19. The lowest BCUT2D eigenvalue weighted by Crippen LogP contribution is -2.21. The van der Waals surface area contributed by atoms with Crippen LogP contribution in [0.3, 0.4) is 0 Å². The minimum Gasteiger partial charge on any atom is -0.402 e. The number of carbonyl (C=O) groups is 1. The quantitative estimate of drug-likeness (QED) is 0.585. The number of rotatable bonds is 5. The molecule has 25 heavy (non-hydrogen) atoms. The van der Waals surface area contributed by atoms with Crippen molar-refractivity contribution in [2.24, 2.45) is 4.99 Å².